The minimum absolute atomic E-state index is 0.0244. The van der Waals surface area contributed by atoms with Crippen LogP contribution in [0.5, 0.6) is 28.7 Å². The molecule has 0 fully saturated rings. The molecule has 2 atom stereocenters. The number of hydrogen-bond acceptors (Lipinski definition) is 6. The van der Waals surface area contributed by atoms with E-state index in [1.54, 1.807) is 37.4 Å². The van der Waals surface area contributed by atoms with Gasteiger partial charge in [0.05, 0.1) is 20.3 Å². The van der Waals surface area contributed by atoms with Crippen LogP contribution >= 0.6 is 0 Å². The van der Waals surface area contributed by atoms with E-state index in [0.717, 1.165) is 21.7 Å². The van der Waals surface area contributed by atoms with Gasteiger partial charge in [-0.2, -0.15) is 0 Å². The van der Waals surface area contributed by atoms with Crippen molar-refractivity contribution in [1.82, 2.24) is 0 Å². The number of aliphatic hydroxyl groups is 1. The third-order valence-corrected chi connectivity index (χ3v) is 5.92. The molecule has 1 aliphatic heterocycles. The van der Waals surface area contributed by atoms with E-state index in [2.05, 4.69) is 0 Å². The number of rotatable bonds is 3. The van der Waals surface area contributed by atoms with E-state index in [1.165, 1.54) is 13.2 Å². The standard InChI is InChI=1S/C25H22O6/c1-29-21-10-14(7-9-17(21)26)25-19(28)11-16-15-8-6-13-4-3-5-18(27)23(13)24(15)22(30-2)12-20(16)31-25/h3-10,12,19,25-28H,11H2,1-2H3/t19-,25+/m1/s1. The lowest BCUT2D eigenvalue weighted by atomic mass is 9.89. The van der Waals surface area contributed by atoms with Crippen LogP contribution in [-0.2, 0) is 6.42 Å². The van der Waals surface area contributed by atoms with Crippen LogP contribution in [0.25, 0.3) is 21.5 Å². The quantitative estimate of drug-likeness (QED) is 0.426. The van der Waals surface area contributed by atoms with E-state index < -0.39 is 12.2 Å². The van der Waals surface area contributed by atoms with Gasteiger partial charge in [0, 0.05) is 28.8 Å². The van der Waals surface area contributed by atoms with Crippen molar-refractivity contribution in [2.24, 2.45) is 0 Å². The first-order chi connectivity index (χ1) is 15.0. The number of phenolic OH excluding ortho intramolecular Hbond substituents is 2. The van der Waals surface area contributed by atoms with Crippen molar-refractivity contribution in [2.45, 2.75) is 18.6 Å². The normalized spacial score (nSPS) is 17.9. The zero-order valence-electron chi connectivity index (χ0n) is 17.1. The summed E-state index contributed by atoms with van der Waals surface area (Å²) in [6.45, 7) is 0. The Bertz CT molecular complexity index is 1310. The van der Waals surface area contributed by atoms with Gasteiger partial charge in [-0.25, -0.2) is 0 Å². The highest BCUT2D eigenvalue weighted by molar-refractivity contribution is 6.14. The summed E-state index contributed by atoms with van der Waals surface area (Å²) in [7, 11) is 3.06. The molecule has 0 unspecified atom stereocenters. The van der Waals surface area contributed by atoms with Crippen molar-refractivity contribution in [1.29, 1.82) is 0 Å². The van der Waals surface area contributed by atoms with Gasteiger partial charge in [0.15, 0.2) is 11.5 Å². The Labute approximate surface area is 178 Å². The number of aromatic hydroxyl groups is 2. The summed E-state index contributed by atoms with van der Waals surface area (Å²) >= 11 is 0. The van der Waals surface area contributed by atoms with Crippen molar-refractivity contribution in [3.63, 3.8) is 0 Å². The first kappa shape index (κ1) is 19.3. The third kappa shape index (κ3) is 2.99. The van der Waals surface area contributed by atoms with Gasteiger partial charge < -0.3 is 29.5 Å². The third-order valence-electron chi connectivity index (χ3n) is 5.92. The highest BCUT2D eigenvalue weighted by atomic mass is 16.5. The lowest BCUT2D eigenvalue weighted by molar-refractivity contribution is 0.0211. The van der Waals surface area contributed by atoms with Gasteiger partial charge in [0.1, 0.15) is 23.4 Å². The largest absolute Gasteiger partial charge is 0.507 e. The number of benzene rings is 4. The van der Waals surface area contributed by atoms with Gasteiger partial charge in [-0.15, -0.1) is 0 Å². The highest BCUT2D eigenvalue weighted by Gasteiger charge is 2.33. The minimum atomic E-state index is -0.807. The molecule has 0 amide bonds. The topological polar surface area (TPSA) is 88.4 Å². The summed E-state index contributed by atoms with van der Waals surface area (Å²) in [6.07, 6.45) is -1.07. The van der Waals surface area contributed by atoms with Crippen molar-refractivity contribution < 1.29 is 29.5 Å². The van der Waals surface area contributed by atoms with E-state index in [4.69, 9.17) is 14.2 Å². The monoisotopic (exact) mass is 418 g/mol. The summed E-state index contributed by atoms with van der Waals surface area (Å²) in [5, 5.41) is 34.6. The second-order valence-electron chi connectivity index (χ2n) is 7.66. The minimum Gasteiger partial charge on any atom is -0.507 e. The predicted molar refractivity (Wildman–Crippen MR) is 117 cm³/mol. The highest BCUT2D eigenvalue weighted by Crippen LogP contribution is 2.47. The maximum absolute atomic E-state index is 10.9. The fourth-order valence-electron chi connectivity index (χ4n) is 4.45. The van der Waals surface area contributed by atoms with Crippen molar-refractivity contribution in [3.8, 4) is 28.7 Å². The van der Waals surface area contributed by atoms with Crippen molar-refractivity contribution in [2.75, 3.05) is 14.2 Å². The summed E-state index contributed by atoms with van der Waals surface area (Å²) < 4.78 is 17.1. The number of aliphatic hydroxyl groups excluding tert-OH is 1. The van der Waals surface area contributed by atoms with Crippen LogP contribution in [-0.4, -0.2) is 35.6 Å². The van der Waals surface area contributed by atoms with Gasteiger partial charge >= 0.3 is 0 Å². The molecule has 6 heteroatoms. The second kappa shape index (κ2) is 7.25. The van der Waals surface area contributed by atoms with E-state index in [1.807, 2.05) is 18.2 Å². The van der Waals surface area contributed by atoms with Crippen molar-refractivity contribution in [3.05, 3.63) is 65.7 Å². The fourth-order valence-corrected chi connectivity index (χ4v) is 4.45. The zero-order valence-corrected chi connectivity index (χ0v) is 17.1. The van der Waals surface area contributed by atoms with Gasteiger partial charge in [-0.1, -0.05) is 30.3 Å². The molecule has 0 saturated carbocycles. The van der Waals surface area contributed by atoms with Crippen LogP contribution in [0, 0.1) is 0 Å². The van der Waals surface area contributed by atoms with Crippen LogP contribution in [0.3, 0.4) is 0 Å². The molecular formula is C25H22O6. The lowest BCUT2D eigenvalue weighted by Crippen LogP contribution is -2.30. The smallest absolute Gasteiger partial charge is 0.160 e. The Balaban J connectivity index is 1.69. The summed E-state index contributed by atoms with van der Waals surface area (Å²) in [4.78, 5) is 0. The summed E-state index contributed by atoms with van der Waals surface area (Å²) in [5.74, 6) is 1.71. The Morgan fingerprint density at radius 3 is 2.45 bits per heavy atom. The molecule has 0 spiro atoms. The van der Waals surface area contributed by atoms with Gasteiger partial charge in [-0.05, 0) is 34.5 Å². The average Bonchev–Trinajstić information content (AvgIpc) is 2.78. The molecule has 0 saturated heterocycles. The van der Waals surface area contributed by atoms with Gasteiger partial charge in [0.2, 0.25) is 0 Å². The Kier molecular flexibility index (Phi) is 4.52. The maximum atomic E-state index is 10.9. The molecule has 0 radical (unpaired) electrons. The molecule has 4 aromatic rings. The van der Waals surface area contributed by atoms with Crippen LogP contribution in [0.15, 0.2) is 54.6 Å². The molecule has 1 heterocycles. The molecule has 31 heavy (non-hydrogen) atoms. The van der Waals surface area contributed by atoms with E-state index >= 15 is 0 Å². The second-order valence-corrected chi connectivity index (χ2v) is 7.66. The van der Waals surface area contributed by atoms with E-state index in [9.17, 15) is 15.3 Å². The predicted octanol–water partition coefficient (Wildman–Crippen LogP) is 4.46. The molecule has 158 valence electrons. The maximum Gasteiger partial charge on any atom is 0.160 e. The van der Waals surface area contributed by atoms with E-state index in [-0.39, 0.29) is 11.5 Å². The molecule has 0 aliphatic carbocycles. The van der Waals surface area contributed by atoms with Gasteiger partial charge in [0.25, 0.3) is 0 Å². The Hall–Kier alpha value is -3.64. The van der Waals surface area contributed by atoms with Crippen LogP contribution in [0.1, 0.15) is 17.2 Å². The first-order valence-corrected chi connectivity index (χ1v) is 9.97. The molecule has 6 nitrogen and oxygen atoms in total. The summed E-state index contributed by atoms with van der Waals surface area (Å²) in [5.41, 5.74) is 1.55. The number of ether oxygens (including phenoxy) is 3. The molecule has 1 aliphatic rings. The van der Waals surface area contributed by atoms with Crippen LogP contribution in [0.4, 0.5) is 0 Å². The first-order valence-electron chi connectivity index (χ1n) is 9.97. The molecule has 4 aromatic carbocycles. The molecule has 0 bridgehead atoms. The van der Waals surface area contributed by atoms with Crippen LogP contribution in [0.2, 0.25) is 0 Å². The average molecular weight is 418 g/mol. The number of fused-ring (bicyclic) bond motifs is 5. The van der Waals surface area contributed by atoms with Crippen LogP contribution < -0.4 is 14.2 Å². The lowest BCUT2D eigenvalue weighted by Gasteiger charge is -2.32. The summed E-state index contributed by atoms with van der Waals surface area (Å²) in [6, 6.07) is 16.0. The van der Waals surface area contributed by atoms with E-state index in [0.29, 0.717) is 34.6 Å². The van der Waals surface area contributed by atoms with Gasteiger partial charge in [-0.3, -0.25) is 0 Å². The number of methoxy groups -OCH3 is 2. The Morgan fingerprint density at radius 2 is 1.68 bits per heavy atom. The fraction of sp³-hybridized carbons (Fsp3) is 0.200. The molecular weight excluding hydrogens is 396 g/mol. The Morgan fingerprint density at radius 1 is 0.871 bits per heavy atom. The van der Waals surface area contributed by atoms with Crippen molar-refractivity contribution >= 4 is 21.5 Å². The zero-order chi connectivity index (χ0) is 21.7. The molecule has 5 rings (SSSR count). The molecule has 3 N–H and O–H groups in total. The SMILES string of the molecule is COc1cc([C@@H]2Oc3cc(OC)c4c(ccc5cccc(O)c54)c3C[C@H]2O)ccc1O. The molecule has 0 aromatic heterocycles. The number of phenols is 2. The number of hydrogen-bond donors (Lipinski definition) is 3.